The quantitative estimate of drug-likeness (QED) is 0.437. The van der Waals surface area contributed by atoms with E-state index in [1.54, 1.807) is 47.0 Å². The number of benzene rings is 3. The maximum absolute atomic E-state index is 14.6. The molecule has 0 saturated carbocycles. The normalized spacial score (nSPS) is 11.1. The lowest BCUT2D eigenvalue weighted by atomic mass is 10.2. The van der Waals surface area contributed by atoms with E-state index in [0.717, 1.165) is 0 Å². The van der Waals surface area contributed by atoms with Crippen molar-refractivity contribution in [1.29, 1.82) is 0 Å². The number of nitrogens with zero attached hydrogens (tertiary/aromatic N) is 3. The van der Waals surface area contributed by atoms with Gasteiger partial charge in [0.05, 0.1) is 5.56 Å². The number of nitrogens with one attached hydrogen (secondary N) is 1. The Balaban J connectivity index is 1.83. The molecular formula is C23H14ClFN4O. The molecule has 0 bridgehead atoms. The minimum Gasteiger partial charge on any atom is -0.305 e. The summed E-state index contributed by atoms with van der Waals surface area (Å²) in [5, 5.41) is 0.581. The van der Waals surface area contributed by atoms with Crippen LogP contribution in [0, 0.1) is 5.82 Å². The second-order valence-electron chi connectivity index (χ2n) is 6.68. The van der Waals surface area contributed by atoms with Crippen LogP contribution in [0.2, 0.25) is 5.02 Å². The molecule has 2 aromatic heterocycles. The second kappa shape index (κ2) is 7.24. The van der Waals surface area contributed by atoms with Crippen molar-refractivity contribution in [2.75, 3.05) is 0 Å². The van der Waals surface area contributed by atoms with Crippen LogP contribution in [0.4, 0.5) is 4.39 Å². The van der Waals surface area contributed by atoms with Crippen molar-refractivity contribution in [2.45, 2.75) is 0 Å². The molecular weight excluding hydrogens is 403 g/mol. The highest BCUT2D eigenvalue weighted by atomic mass is 35.5. The Labute approximate surface area is 175 Å². The van der Waals surface area contributed by atoms with Crippen molar-refractivity contribution in [3.05, 3.63) is 100 Å². The average Bonchev–Trinajstić information content (AvgIpc) is 3.15. The third-order valence-electron chi connectivity index (χ3n) is 4.77. The van der Waals surface area contributed by atoms with Crippen LogP contribution in [0.15, 0.2) is 83.7 Å². The third kappa shape index (κ3) is 3.07. The van der Waals surface area contributed by atoms with Crippen LogP contribution in [0.3, 0.4) is 0 Å². The lowest BCUT2D eigenvalue weighted by molar-refractivity contribution is 0.629. The van der Waals surface area contributed by atoms with Crippen molar-refractivity contribution in [2.24, 2.45) is 0 Å². The van der Waals surface area contributed by atoms with Gasteiger partial charge in [0.2, 0.25) is 0 Å². The molecule has 0 radical (unpaired) electrons. The Hall–Kier alpha value is -3.77. The van der Waals surface area contributed by atoms with Crippen LogP contribution in [0.25, 0.3) is 39.6 Å². The van der Waals surface area contributed by atoms with E-state index in [9.17, 15) is 9.18 Å². The molecule has 30 heavy (non-hydrogen) atoms. The monoisotopic (exact) mass is 416 g/mol. The molecule has 2 heterocycles. The standard InChI is InChI=1S/C23H14ClFN4O/c24-15-12-10-14(11-13-15)20-26-21-19(23(30)28-20)29(16-6-2-1-3-7-16)22(27-21)17-8-4-5-9-18(17)25/h1-13H,(H,26,28,30). The second-order valence-corrected chi connectivity index (χ2v) is 7.12. The van der Waals surface area contributed by atoms with Crippen LogP contribution in [-0.4, -0.2) is 19.5 Å². The smallest absolute Gasteiger partial charge is 0.277 e. The van der Waals surface area contributed by atoms with Crippen molar-refractivity contribution < 1.29 is 4.39 Å². The number of halogens is 2. The van der Waals surface area contributed by atoms with Gasteiger partial charge in [0.15, 0.2) is 17.0 Å². The maximum Gasteiger partial charge on any atom is 0.277 e. The van der Waals surface area contributed by atoms with E-state index in [1.807, 2.05) is 30.3 Å². The summed E-state index contributed by atoms with van der Waals surface area (Å²) in [6, 6.07) is 22.5. The first-order chi connectivity index (χ1) is 14.6. The molecule has 0 saturated heterocycles. The zero-order valence-corrected chi connectivity index (χ0v) is 16.3. The predicted molar refractivity (Wildman–Crippen MR) is 115 cm³/mol. The molecule has 0 aliphatic rings. The zero-order chi connectivity index (χ0) is 20.7. The van der Waals surface area contributed by atoms with E-state index in [1.165, 1.54) is 6.07 Å². The van der Waals surface area contributed by atoms with Gasteiger partial charge in [-0.15, -0.1) is 0 Å². The van der Waals surface area contributed by atoms with Gasteiger partial charge < -0.3 is 4.98 Å². The summed E-state index contributed by atoms with van der Waals surface area (Å²) in [5.74, 6) is 0.238. The summed E-state index contributed by atoms with van der Waals surface area (Å²) in [6.45, 7) is 0. The van der Waals surface area contributed by atoms with E-state index in [2.05, 4.69) is 15.0 Å². The number of fused-ring (bicyclic) bond motifs is 1. The topological polar surface area (TPSA) is 63.6 Å². The van der Waals surface area contributed by atoms with Gasteiger partial charge in [0.1, 0.15) is 11.6 Å². The van der Waals surface area contributed by atoms with Crippen LogP contribution in [0.1, 0.15) is 0 Å². The van der Waals surface area contributed by atoms with Crippen molar-refractivity contribution in [3.63, 3.8) is 0 Å². The zero-order valence-electron chi connectivity index (χ0n) is 15.5. The van der Waals surface area contributed by atoms with Gasteiger partial charge in [-0.25, -0.2) is 14.4 Å². The fourth-order valence-electron chi connectivity index (χ4n) is 3.39. The molecule has 1 N–H and O–H groups in total. The SMILES string of the molecule is O=c1[nH]c(-c2ccc(Cl)cc2)nc2nc(-c3ccccc3F)n(-c3ccccc3)c12. The lowest BCUT2D eigenvalue weighted by Crippen LogP contribution is -2.13. The first-order valence-corrected chi connectivity index (χ1v) is 9.58. The fourth-order valence-corrected chi connectivity index (χ4v) is 3.51. The molecule has 0 atom stereocenters. The van der Waals surface area contributed by atoms with Gasteiger partial charge in [0, 0.05) is 16.3 Å². The lowest BCUT2D eigenvalue weighted by Gasteiger charge is -2.09. The number of para-hydroxylation sites is 1. The highest BCUT2D eigenvalue weighted by Crippen LogP contribution is 2.29. The van der Waals surface area contributed by atoms with E-state index >= 15 is 0 Å². The Morgan fingerprint density at radius 2 is 1.57 bits per heavy atom. The Kier molecular flexibility index (Phi) is 4.41. The summed E-state index contributed by atoms with van der Waals surface area (Å²) in [4.78, 5) is 25.0. The predicted octanol–water partition coefficient (Wildman–Crippen LogP) is 5.24. The highest BCUT2D eigenvalue weighted by Gasteiger charge is 2.21. The summed E-state index contributed by atoms with van der Waals surface area (Å²) >= 11 is 5.96. The molecule has 146 valence electrons. The van der Waals surface area contributed by atoms with Crippen molar-refractivity contribution >= 4 is 22.8 Å². The first-order valence-electron chi connectivity index (χ1n) is 9.21. The van der Waals surface area contributed by atoms with Gasteiger partial charge in [-0.1, -0.05) is 41.9 Å². The Bertz CT molecular complexity index is 1430. The summed E-state index contributed by atoms with van der Waals surface area (Å²) < 4.78 is 16.2. The molecule has 0 aliphatic heterocycles. The number of rotatable bonds is 3. The molecule has 5 aromatic rings. The van der Waals surface area contributed by atoms with E-state index in [-0.39, 0.29) is 22.3 Å². The number of aromatic amines is 1. The minimum atomic E-state index is -0.431. The molecule has 7 heteroatoms. The van der Waals surface area contributed by atoms with Gasteiger partial charge in [-0.05, 0) is 48.5 Å². The molecule has 5 rings (SSSR count). The number of hydrogen-bond donors (Lipinski definition) is 1. The van der Waals surface area contributed by atoms with Gasteiger partial charge in [-0.3, -0.25) is 9.36 Å². The molecule has 0 spiro atoms. The first kappa shape index (κ1) is 18.3. The molecule has 5 nitrogen and oxygen atoms in total. The number of H-pyrrole nitrogens is 1. The van der Waals surface area contributed by atoms with Crippen LogP contribution < -0.4 is 5.56 Å². The van der Waals surface area contributed by atoms with Crippen LogP contribution >= 0.6 is 11.6 Å². The van der Waals surface area contributed by atoms with E-state index < -0.39 is 5.82 Å². The van der Waals surface area contributed by atoms with E-state index in [0.29, 0.717) is 27.9 Å². The molecule has 0 amide bonds. The van der Waals surface area contributed by atoms with Gasteiger partial charge in [-0.2, -0.15) is 0 Å². The summed E-state index contributed by atoms with van der Waals surface area (Å²) in [5.41, 5.74) is 1.77. The number of imidazole rings is 1. The molecule has 0 unspecified atom stereocenters. The Morgan fingerprint density at radius 1 is 0.867 bits per heavy atom. The molecule has 0 aliphatic carbocycles. The average molecular weight is 417 g/mol. The number of aromatic nitrogens is 4. The third-order valence-corrected chi connectivity index (χ3v) is 5.02. The minimum absolute atomic E-state index is 0.228. The van der Waals surface area contributed by atoms with Crippen molar-refractivity contribution in [1.82, 2.24) is 19.5 Å². The maximum atomic E-state index is 14.6. The number of hydrogen-bond acceptors (Lipinski definition) is 3. The largest absolute Gasteiger partial charge is 0.305 e. The van der Waals surface area contributed by atoms with Gasteiger partial charge in [0.25, 0.3) is 5.56 Å². The Morgan fingerprint density at radius 3 is 2.30 bits per heavy atom. The van der Waals surface area contributed by atoms with Crippen LogP contribution in [-0.2, 0) is 0 Å². The molecule has 3 aromatic carbocycles. The van der Waals surface area contributed by atoms with Crippen molar-refractivity contribution in [3.8, 4) is 28.5 Å². The fraction of sp³-hybridized carbons (Fsp3) is 0. The highest BCUT2D eigenvalue weighted by molar-refractivity contribution is 6.30. The van der Waals surface area contributed by atoms with E-state index in [4.69, 9.17) is 11.6 Å². The molecule has 0 fully saturated rings. The van der Waals surface area contributed by atoms with Gasteiger partial charge >= 0.3 is 0 Å². The summed E-state index contributed by atoms with van der Waals surface area (Å²) in [7, 11) is 0. The van der Waals surface area contributed by atoms with Crippen LogP contribution in [0.5, 0.6) is 0 Å². The summed E-state index contributed by atoms with van der Waals surface area (Å²) in [6.07, 6.45) is 0.